The maximum absolute atomic E-state index is 15.2. The number of halogens is 2. The first-order valence-electron chi connectivity index (χ1n) is 14.2. The molecular weight excluding hydrogens is 540 g/mol. The van der Waals surface area contributed by atoms with E-state index in [1.54, 1.807) is 44.7 Å². The molecule has 42 heavy (non-hydrogen) atoms. The number of ether oxygens (including phenoxy) is 1. The van der Waals surface area contributed by atoms with Crippen LogP contribution in [0.3, 0.4) is 0 Å². The molecule has 5 rings (SSSR count). The summed E-state index contributed by atoms with van der Waals surface area (Å²) in [4.78, 5) is 26.9. The molecule has 2 aliphatic heterocycles. The number of carboxylic acid groups (broad SMARTS) is 1. The van der Waals surface area contributed by atoms with Gasteiger partial charge in [0.1, 0.15) is 5.82 Å². The molecule has 1 amide bonds. The Kier molecular flexibility index (Phi) is 8.78. The molecule has 0 saturated heterocycles. The lowest BCUT2D eigenvalue weighted by molar-refractivity contribution is -0.136. The lowest BCUT2D eigenvalue weighted by Gasteiger charge is -2.25. The van der Waals surface area contributed by atoms with Crippen molar-refractivity contribution in [1.29, 1.82) is 0 Å². The Hall–Kier alpha value is -3.78. The third-order valence-electron chi connectivity index (χ3n) is 7.84. The van der Waals surface area contributed by atoms with Gasteiger partial charge in [0.05, 0.1) is 18.6 Å². The topological polar surface area (TPSA) is 87.1 Å². The van der Waals surface area contributed by atoms with Gasteiger partial charge in [0.2, 0.25) is 0 Å². The number of carbonyl (C=O) groups excluding carboxylic acids is 1. The standard InChI is InChI=1S/C30H29F2NO4.C4H10O/c1-15-7-8-19(10-25(15)31)30(36)33-13-23-17(3)22(12-27(34)35)28(18(4)24(23)14-33)21-11-26(32)29-20(16(21)2)6-5-9-37-29;1-4(2,3)5/h7-8,10-11H,5-6,9,12-14H2,1-4H3,(H,34,35);5H,1-3H3. The van der Waals surface area contributed by atoms with E-state index in [0.29, 0.717) is 48.4 Å². The zero-order valence-electron chi connectivity index (χ0n) is 25.4. The molecule has 0 atom stereocenters. The zero-order valence-corrected chi connectivity index (χ0v) is 25.4. The molecule has 0 unspecified atom stereocenters. The van der Waals surface area contributed by atoms with Gasteiger partial charge in [-0.05, 0) is 130 Å². The van der Waals surface area contributed by atoms with E-state index < -0.39 is 23.2 Å². The highest BCUT2D eigenvalue weighted by Crippen LogP contribution is 2.44. The molecule has 0 bridgehead atoms. The van der Waals surface area contributed by atoms with Crippen molar-refractivity contribution in [2.45, 2.75) is 86.4 Å². The van der Waals surface area contributed by atoms with Gasteiger partial charge >= 0.3 is 5.97 Å². The summed E-state index contributed by atoms with van der Waals surface area (Å²) in [6.45, 7) is 13.7. The van der Waals surface area contributed by atoms with Crippen LogP contribution in [0.2, 0.25) is 0 Å². The number of nitrogens with zero attached hydrogens (tertiary/aromatic N) is 1. The molecule has 3 aromatic rings. The van der Waals surface area contributed by atoms with E-state index in [2.05, 4.69) is 0 Å². The summed E-state index contributed by atoms with van der Waals surface area (Å²) in [5.74, 6) is -1.88. The lowest BCUT2D eigenvalue weighted by atomic mass is 9.81. The molecule has 2 heterocycles. The number of hydrogen-bond acceptors (Lipinski definition) is 4. The molecule has 0 radical (unpaired) electrons. The number of aliphatic hydroxyl groups is 1. The van der Waals surface area contributed by atoms with Crippen molar-refractivity contribution in [1.82, 2.24) is 4.90 Å². The third kappa shape index (κ3) is 6.33. The van der Waals surface area contributed by atoms with Crippen LogP contribution in [0.4, 0.5) is 8.78 Å². The van der Waals surface area contributed by atoms with E-state index in [1.807, 2.05) is 20.8 Å². The number of benzene rings is 3. The fourth-order valence-electron chi connectivity index (χ4n) is 5.77. The fourth-order valence-corrected chi connectivity index (χ4v) is 5.77. The Labute approximate surface area is 245 Å². The van der Waals surface area contributed by atoms with Gasteiger partial charge in [-0.3, -0.25) is 9.59 Å². The van der Waals surface area contributed by atoms with Crippen molar-refractivity contribution in [3.8, 4) is 16.9 Å². The van der Waals surface area contributed by atoms with Crippen molar-refractivity contribution in [2.24, 2.45) is 0 Å². The molecule has 0 spiro atoms. The van der Waals surface area contributed by atoms with Crippen LogP contribution >= 0.6 is 0 Å². The summed E-state index contributed by atoms with van der Waals surface area (Å²) in [6.07, 6.45) is 1.26. The largest absolute Gasteiger partial charge is 0.490 e. The minimum absolute atomic E-state index is 0.221. The van der Waals surface area contributed by atoms with E-state index in [4.69, 9.17) is 9.84 Å². The number of hydrogen-bond donors (Lipinski definition) is 2. The lowest BCUT2D eigenvalue weighted by Crippen LogP contribution is -2.25. The van der Waals surface area contributed by atoms with Crippen LogP contribution < -0.4 is 4.74 Å². The predicted octanol–water partition coefficient (Wildman–Crippen LogP) is 6.75. The Morgan fingerprint density at radius 2 is 1.55 bits per heavy atom. The Morgan fingerprint density at radius 3 is 2.14 bits per heavy atom. The molecule has 6 nitrogen and oxygen atoms in total. The molecule has 0 aliphatic carbocycles. The van der Waals surface area contributed by atoms with Gasteiger partial charge in [-0.15, -0.1) is 0 Å². The van der Waals surface area contributed by atoms with Crippen LogP contribution in [0, 0.1) is 39.3 Å². The van der Waals surface area contributed by atoms with Gasteiger partial charge in [0, 0.05) is 24.2 Å². The van der Waals surface area contributed by atoms with Gasteiger partial charge in [0.25, 0.3) is 5.91 Å². The number of aryl methyl sites for hydroxylation is 1. The van der Waals surface area contributed by atoms with Crippen molar-refractivity contribution >= 4 is 11.9 Å². The summed E-state index contributed by atoms with van der Waals surface area (Å²) in [7, 11) is 0. The van der Waals surface area contributed by atoms with Gasteiger partial charge < -0.3 is 19.8 Å². The van der Waals surface area contributed by atoms with E-state index in [9.17, 15) is 19.1 Å². The minimum atomic E-state index is -0.982. The number of amides is 1. The van der Waals surface area contributed by atoms with Crippen LogP contribution in [0.25, 0.3) is 11.1 Å². The second kappa shape index (κ2) is 11.8. The van der Waals surface area contributed by atoms with Gasteiger partial charge in [-0.2, -0.15) is 0 Å². The van der Waals surface area contributed by atoms with Gasteiger partial charge in [-0.1, -0.05) is 6.07 Å². The molecule has 8 heteroatoms. The second-order valence-corrected chi connectivity index (χ2v) is 12.2. The van der Waals surface area contributed by atoms with Crippen molar-refractivity contribution < 1.29 is 33.3 Å². The summed E-state index contributed by atoms with van der Waals surface area (Å²) in [6, 6.07) is 5.91. The average Bonchev–Trinajstić information content (AvgIpc) is 3.36. The predicted molar refractivity (Wildman–Crippen MR) is 158 cm³/mol. The smallest absolute Gasteiger partial charge is 0.307 e. The molecule has 0 saturated carbocycles. The average molecular weight is 580 g/mol. The van der Waals surface area contributed by atoms with Crippen LogP contribution in [-0.2, 0) is 30.7 Å². The first-order chi connectivity index (χ1) is 19.6. The maximum atomic E-state index is 15.2. The third-order valence-corrected chi connectivity index (χ3v) is 7.84. The molecule has 2 N–H and O–H groups in total. The van der Waals surface area contributed by atoms with Gasteiger partial charge in [-0.25, -0.2) is 8.78 Å². The normalized spacial score (nSPS) is 14.0. The molecule has 3 aromatic carbocycles. The minimum Gasteiger partial charge on any atom is -0.490 e. The Balaban J connectivity index is 0.000000748. The highest BCUT2D eigenvalue weighted by atomic mass is 19.1. The highest BCUT2D eigenvalue weighted by molar-refractivity contribution is 5.95. The first-order valence-corrected chi connectivity index (χ1v) is 14.2. The molecule has 0 aromatic heterocycles. The monoisotopic (exact) mass is 579 g/mol. The molecule has 0 fully saturated rings. The number of fused-ring (bicyclic) bond motifs is 2. The first kappa shape index (κ1) is 31.2. The zero-order chi connectivity index (χ0) is 31.1. The highest BCUT2D eigenvalue weighted by Gasteiger charge is 2.32. The fraction of sp³-hybridized carbons (Fsp3) is 0.412. The Bertz CT molecular complexity index is 1570. The summed E-state index contributed by atoms with van der Waals surface area (Å²) in [5, 5.41) is 18.3. The number of rotatable bonds is 4. The van der Waals surface area contributed by atoms with Crippen LogP contribution in [0.1, 0.15) is 82.1 Å². The van der Waals surface area contributed by atoms with Crippen molar-refractivity contribution in [2.75, 3.05) is 6.61 Å². The van der Waals surface area contributed by atoms with Crippen molar-refractivity contribution in [3.05, 3.63) is 86.0 Å². The number of carbonyl (C=O) groups is 2. The summed E-state index contributed by atoms with van der Waals surface area (Å²) < 4.78 is 35.0. The van der Waals surface area contributed by atoms with E-state index in [0.717, 1.165) is 39.8 Å². The maximum Gasteiger partial charge on any atom is 0.307 e. The van der Waals surface area contributed by atoms with Gasteiger partial charge in [0.15, 0.2) is 11.6 Å². The molecule has 224 valence electrons. The molecular formula is C34H39F2NO5. The van der Waals surface area contributed by atoms with Crippen LogP contribution in [-0.4, -0.2) is 39.2 Å². The number of aliphatic carboxylic acids is 1. The quantitative estimate of drug-likeness (QED) is 0.357. The second-order valence-electron chi connectivity index (χ2n) is 12.2. The molecule has 2 aliphatic rings. The van der Waals surface area contributed by atoms with E-state index in [-0.39, 0.29) is 23.6 Å². The number of carboxylic acids is 1. The Morgan fingerprint density at radius 1 is 0.929 bits per heavy atom. The summed E-state index contributed by atoms with van der Waals surface area (Å²) >= 11 is 0. The van der Waals surface area contributed by atoms with E-state index >= 15 is 4.39 Å². The summed E-state index contributed by atoms with van der Waals surface area (Å²) in [5.41, 5.74) is 7.38. The van der Waals surface area contributed by atoms with Crippen LogP contribution in [0.15, 0.2) is 24.3 Å². The van der Waals surface area contributed by atoms with Crippen molar-refractivity contribution in [3.63, 3.8) is 0 Å². The SMILES string of the molecule is CC(C)(C)O.Cc1ccc(C(=O)N2Cc3c(C)c(CC(=O)O)c(-c4cc(F)c5c(c4C)CCCO5)c(C)c3C2)cc1F. The van der Waals surface area contributed by atoms with Crippen LogP contribution in [0.5, 0.6) is 5.75 Å². The van der Waals surface area contributed by atoms with E-state index in [1.165, 1.54) is 12.1 Å².